The lowest BCUT2D eigenvalue weighted by Gasteiger charge is -2.36. The van der Waals surface area contributed by atoms with Gasteiger partial charge in [0.1, 0.15) is 11.9 Å². The van der Waals surface area contributed by atoms with Crippen LogP contribution in [-0.2, 0) is 11.2 Å². The second kappa shape index (κ2) is 10.9. The molecule has 0 saturated heterocycles. The van der Waals surface area contributed by atoms with Crippen molar-refractivity contribution >= 4 is 28.1 Å². The highest BCUT2D eigenvalue weighted by Gasteiger charge is 2.26. The predicted octanol–water partition coefficient (Wildman–Crippen LogP) is 7.73. The number of carboxylic acid groups (broad SMARTS) is 1. The van der Waals surface area contributed by atoms with E-state index in [-0.39, 0.29) is 12.5 Å². The Labute approximate surface area is 213 Å². The molecule has 0 radical (unpaired) electrons. The number of hydrogen-bond donors (Lipinski definition) is 1. The smallest absolute Gasteiger partial charge is 0.303 e. The molecule has 0 aliphatic carbocycles. The molecule has 4 nitrogen and oxygen atoms in total. The zero-order chi connectivity index (χ0) is 24.9. The van der Waals surface area contributed by atoms with Gasteiger partial charge in [0, 0.05) is 12.1 Å². The summed E-state index contributed by atoms with van der Waals surface area (Å²) >= 11 is 0. The fourth-order valence-corrected chi connectivity index (χ4v) is 5.31. The average molecular weight is 480 g/mol. The number of fused-ring (bicyclic) bond motifs is 2. The molecule has 0 aromatic heterocycles. The second-order valence-corrected chi connectivity index (χ2v) is 9.78. The van der Waals surface area contributed by atoms with Gasteiger partial charge < -0.3 is 14.7 Å². The van der Waals surface area contributed by atoms with E-state index >= 15 is 0 Å². The van der Waals surface area contributed by atoms with Crippen LogP contribution in [0.25, 0.3) is 10.8 Å². The van der Waals surface area contributed by atoms with E-state index in [0.29, 0.717) is 12.3 Å². The molecule has 0 amide bonds. The molecular formula is C32H33NO3. The molecule has 2 atom stereocenters. The molecule has 4 heteroatoms. The number of rotatable bonds is 9. The third-order valence-corrected chi connectivity index (χ3v) is 7.20. The third-order valence-electron chi connectivity index (χ3n) is 7.20. The van der Waals surface area contributed by atoms with Crippen molar-refractivity contribution in [2.45, 2.75) is 51.0 Å². The Hall–Kier alpha value is -3.79. The minimum absolute atomic E-state index is 0.0993. The Bertz CT molecular complexity index is 1340. The monoisotopic (exact) mass is 479 g/mol. The maximum atomic E-state index is 11.0. The minimum Gasteiger partial charge on any atom is -0.486 e. The van der Waals surface area contributed by atoms with Crippen molar-refractivity contribution in [1.82, 2.24) is 0 Å². The normalized spacial score (nSPS) is 15.8. The van der Waals surface area contributed by atoms with E-state index in [1.807, 2.05) is 30.3 Å². The van der Waals surface area contributed by atoms with Crippen LogP contribution >= 0.6 is 0 Å². The Balaban J connectivity index is 1.28. The van der Waals surface area contributed by atoms with Crippen molar-refractivity contribution in [3.63, 3.8) is 0 Å². The number of para-hydroxylation sites is 2. The number of anilines is 2. The number of hydrogen-bond acceptors (Lipinski definition) is 3. The molecule has 1 unspecified atom stereocenters. The molecule has 0 saturated carbocycles. The summed E-state index contributed by atoms with van der Waals surface area (Å²) < 4.78 is 6.43. The molecule has 0 bridgehead atoms. The van der Waals surface area contributed by atoms with E-state index in [2.05, 4.69) is 72.5 Å². The maximum absolute atomic E-state index is 11.0. The Morgan fingerprint density at radius 2 is 1.78 bits per heavy atom. The molecule has 36 heavy (non-hydrogen) atoms. The van der Waals surface area contributed by atoms with Crippen molar-refractivity contribution in [3.05, 3.63) is 102 Å². The fourth-order valence-electron chi connectivity index (χ4n) is 5.31. The van der Waals surface area contributed by atoms with Crippen LogP contribution in [-0.4, -0.2) is 23.7 Å². The van der Waals surface area contributed by atoms with Gasteiger partial charge in [0.2, 0.25) is 0 Å². The van der Waals surface area contributed by atoms with Crippen LogP contribution in [0.15, 0.2) is 91.0 Å². The van der Waals surface area contributed by atoms with Crippen LogP contribution in [0.4, 0.5) is 11.4 Å². The molecule has 0 spiro atoms. The zero-order valence-electron chi connectivity index (χ0n) is 20.8. The molecule has 1 N–H and O–H groups in total. The SMILES string of the molecule is C[C@@H](CCCC1CN(c2cccc(CCC(=O)O)c2)c2ccccc2O1)c1cccc2ccccc12. The van der Waals surface area contributed by atoms with E-state index in [9.17, 15) is 4.79 Å². The minimum atomic E-state index is -0.769. The number of carboxylic acids is 1. The van der Waals surface area contributed by atoms with Gasteiger partial charge in [0.05, 0.1) is 12.2 Å². The topological polar surface area (TPSA) is 49.8 Å². The summed E-state index contributed by atoms with van der Waals surface area (Å²) in [6.45, 7) is 3.11. The van der Waals surface area contributed by atoms with E-state index in [0.717, 1.165) is 48.5 Å². The first-order valence-electron chi connectivity index (χ1n) is 12.9. The lowest BCUT2D eigenvalue weighted by Crippen LogP contribution is -2.37. The van der Waals surface area contributed by atoms with Crippen molar-refractivity contribution in [2.24, 2.45) is 0 Å². The highest BCUT2D eigenvalue weighted by atomic mass is 16.5. The van der Waals surface area contributed by atoms with Crippen molar-refractivity contribution < 1.29 is 14.6 Å². The predicted molar refractivity (Wildman–Crippen MR) is 146 cm³/mol. The van der Waals surface area contributed by atoms with Crippen LogP contribution in [0.5, 0.6) is 5.75 Å². The van der Waals surface area contributed by atoms with Crippen LogP contribution in [0.1, 0.15) is 49.7 Å². The number of aryl methyl sites for hydroxylation is 1. The van der Waals surface area contributed by atoms with Gasteiger partial charge in [0.25, 0.3) is 0 Å². The van der Waals surface area contributed by atoms with Gasteiger partial charge in [-0.15, -0.1) is 0 Å². The van der Waals surface area contributed by atoms with E-state index < -0.39 is 5.97 Å². The zero-order valence-corrected chi connectivity index (χ0v) is 20.8. The highest BCUT2D eigenvalue weighted by molar-refractivity contribution is 5.86. The second-order valence-electron chi connectivity index (χ2n) is 9.78. The van der Waals surface area contributed by atoms with Gasteiger partial charge in [-0.3, -0.25) is 4.79 Å². The van der Waals surface area contributed by atoms with E-state index in [1.54, 1.807) is 0 Å². The van der Waals surface area contributed by atoms with Crippen LogP contribution in [0, 0.1) is 0 Å². The standard InChI is InChI=1S/C32H33NO3/c1-23(28-16-8-12-25-11-2-3-15-29(25)28)9-6-14-27-22-33(30-17-4-5-18-31(30)36-27)26-13-7-10-24(21-26)19-20-32(34)35/h2-5,7-8,10-13,15-18,21,23,27H,6,9,14,19-20,22H2,1H3,(H,34,35)/t23-,27?/m0/s1. The lowest BCUT2D eigenvalue weighted by atomic mass is 9.90. The van der Waals surface area contributed by atoms with Gasteiger partial charge in [-0.2, -0.15) is 0 Å². The molecule has 5 rings (SSSR count). The average Bonchev–Trinajstić information content (AvgIpc) is 2.91. The molecule has 184 valence electrons. The van der Waals surface area contributed by atoms with Gasteiger partial charge in [-0.05, 0) is 77.8 Å². The van der Waals surface area contributed by atoms with Gasteiger partial charge >= 0.3 is 5.97 Å². The molecular weight excluding hydrogens is 446 g/mol. The first-order valence-corrected chi connectivity index (χ1v) is 12.9. The van der Waals surface area contributed by atoms with Gasteiger partial charge in [0.15, 0.2) is 0 Å². The summed E-state index contributed by atoms with van der Waals surface area (Å²) in [6.07, 6.45) is 3.95. The van der Waals surface area contributed by atoms with Crippen LogP contribution < -0.4 is 9.64 Å². The summed E-state index contributed by atoms with van der Waals surface area (Å²) in [5.74, 6) is 0.621. The number of aliphatic carboxylic acids is 1. The Morgan fingerprint density at radius 1 is 1.00 bits per heavy atom. The van der Waals surface area contributed by atoms with Crippen LogP contribution in [0.3, 0.4) is 0 Å². The number of carbonyl (C=O) groups is 1. The molecule has 1 aliphatic heterocycles. The maximum Gasteiger partial charge on any atom is 0.303 e. The molecule has 1 heterocycles. The number of nitrogens with zero attached hydrogens (tertiary/aromatic N) is 1. The first kappa shape index (κ1) is 23.9. The summed E-state index contributed by atoms with van der Waals surface area (Å²) in [6, 6.07) is 31.7. The van der Waals surface area contributed by atoms with Crippen molar-refractivity contribution in [2.75, 3.05) is 11.4 Å². The first-order chi connectivity index (χ1) is 17.6. The Kier molecular flexibility index (Phi) is 7.22. The summed E-state index contributed by atoms with van der Waals surface area (Å²) in [5, 5.41) is 11.7. The number of ether oxygens (including phenoxy) is 1. The quantitative estimate of drug-likeness (QED) is 0.267. The molecule has 0 fully saturated rings. The lowest BCUT2D eigenvalue weighted by molar-refractivity contribution is -0.136. The number of benzene rings is 4. The van der Waals surface area contributed by atoms with Crippen molar-refractivity contribution in [3.8, 4) is 5.75 Å². The van der Waals surface area contributed by atoms with Gasteiger partial charge in [-0.25, -0.2) is 0 Å². The fraction of sp³-hybridized carbons (Fsp3) is 0.281. The summed E-state index contributed by atoms with van der Waals surface area (Å²) in [5.41, 5.74) is 4.61. The molecule has 4 aromatic carbocycles. The summed E-state index contributed by atoms with van der Waals surface area (Å²) in [7, 11) is 0. The highest BCUT2D eigenvalue weighted by Crippen LogP contribution is 2.39. The van der Waals surface area contributed by atoms with Crippen molar-refractivity contribution in [1.29, 1.82) is 0 Å². The van der Waals surface area contributed by atoms with Crippen LogP contribution in [0.2, 0.25) is 0 Å². The largest absolute Gasteiger partial charge is 0.486 e. The van der Waals surface area contributed by atoms with Gasteiger partial charge in [-0.1, -0.05) is 73.7 Å². The molecule has 4 aromatic rings. The van der Waals surface area contributed by atoms with E-state index in [4.69, 9.17) is 9.84 Å². The summed E-state index contributed by atoms with van der Waals surface area (Å²) in [4.78, 5) is 13.4. The molecule has 1 aliphatic rings. The third kappa shape index (κ3) is 5.38. The Morgan fingerprint density at radius 3 is 2.67 bits per heavy atom. The van der Waals surface area contributed by atoms with E-state index in [1.165, 1.54) is 16.3 Å².